The van der Waals surface area contributed by atoms with Gasteiger partial charge in [0.1, 0.15) is 11.5 Å². The van der Waals surface area contributed by atoms with Gasteiger partial charge in [-0.2, -0.15) is 0 Å². The number of aliphatic hydroxyl groups excluding tert-OH is 1. The van der Waals surface area contributed by atoms with Gasteiger partial charge in [0.25, 0.3) is 0 Å². The molecule has 1 rings (SSSR count). The molecular formula is C13H21NO3. The summed E-state index contributed by atoms with van der Waals surface area (Å²) in [5.41, 5.74) is 6.45. The molecular weight excluding hydrogens is 218 g/mol. The number of hydrogen-bond acceptors (Lipinski definition) is 4. The maximum absolute atomic E-state index is 9.58. The molecule has 17 heavy (non-hydrogen) atoms. The minimum Gasteiger partial charge on any atom is -0.497 e. The fourth-order valence-corrected chi connectivity index (χ4v) is 1.86. The number of benzene rings is 1. The quantitative estimate of drug-likeness (QED) is 0.790. The molecule has 0 bridgehead atoms. The Morgan fingerprint density at radius 1 is 1.29 bits per heavy atom. The number of nitrogens with two attached hydrogens (primary N) is 1. The van der Waals surface area contributed by atoms with Gasteiger partial charge < -0.3 is 20.3 Å². The summed E-state index contributed by atoms with van der Waals surface area (Å²) in [6, 6.07) is 5.67. The Labute approximate surface area is 102 Å². The zero-order chi connectivity index (χ0) is 12.8. The molecule has 1 aromatic carbocycles. The van der Waals surface area contributed by atoms with Crippen LogP contribution in [0.25, 0.3) is 0 Å². The van der Waals surface area contributed by atoms with Crippen molar-refractivity contribution in [2.75, 3.05) is 20.8 Å². The van der Waals surface area contributed by atoms with E-state index >= 15 is 0 Å². The first-order valence-electron chi connectivity index (χ1n) is 5.72. The fraction of sp³-hybridized carbons (Fsp3) is 0.538. The molecule has 2 atom stereocenters. The van der Waals surface area contributed by atoms with Crippen LogP contribution in [0.15, 0.2) is 18.2 Å². The summed E-state index contributed by atoms with van der Waals surface area (Å²) in [6.07, 6.45) is 0.126. The zero-order valence-corrected chi connectivity index (χ0v) is 10.6. The van der Waals surface area contributed by atoms with Gasteiger partial charge in [-0.05, 0) is 30.5 Å². The zero-order valence-electron chi connectivity index (χ0n) is 10.6. The lowest BCUT2D eigenvalue weighted by molar-refractivity contribution is 0.164. The minimum absolute atomic E-state index is 0.165. The second kappa shape index (κ2) is 6.47. The summed E-state index contributed by atoms with van der Waals surface area (Å²) >= 11 is 0. The van der Waals surface area contributed by atoms with Gasteiger partial charge in [-0.25, -0.2) is 0 Å². The Balaban J connectivity index is 2.92. The Morgan fingerprint density at radius 2 is 2.00 bits per heavy atom. The lowest BCUT2D eigenvalue weighted by atomic mass is 9.94. The van der Waals surface area contributed by atoms with Crippen LogP contribution in [0.2, 0.25) is 0 Å². The van der Waals surface area contributed by atoms with Crippen LogP contribution in [0.3, 0.4) is 0 Å². The monoisotopic (exact) mass is 239 g/mol. The summed E-state index contributed by atoms with van der Waals surface area (Å²) in [4.78, 5) is 0. The molecule has 0 amide bonds. The van der Waals surface area contributed by atoms with E-state index in [4.69, 9.17) is 15.2 Å². The van der Waals surface area contributed by atoms with E-state index in [0.717, 1.165) is 17.1 Å². The van der Waals surface area contributed by atoms with Gasteiger partial charge in [-0.1, -0.05) is 6.92 Å². The highest BCUT2D eigenvalue weighted by Crippen LogP contribution is 2.32. The molecule has 0 aliphatic heterocycles. The van der Waals surface area contributed by atoms with E-state index in [-0.39, 0.29) is 12.5 Å². The Hall–Kier alpha value is -1.26. The lowest BCUT2D eigenvalue weighted by Gasteiger charge is -2.18. The Kier molecular flexibility index (Phi) is 5.25. The molecule has 0 aromatic heterocycles. The van der Waals surface area contributed by atoms with E-state index in [1.165, 1.54) is 0 Å². The van der Waals surface area contributed by atoms with E-state index in [1.807, 2.05) is 25.1 Å². The summed E-state index contributed by atoms with van der Waals surface area (Å²) in [5, 5.41) is 9.58. The van der Waals surface area contributed by atoms with Gasteiger partial charge in [0.2, 0.25) is 0 Å². The van der Waals surface area contributed by atoms with Crippen LogP contribution in [0.4, 0.5) is 0 Å². The number of aliphatic hydroxyl groups is 1. The third-order valence-corrected chi connectivity index (χ3v) is 2.87. The predicted molar refractivity (Wildman–Crippen MR) is 67.6 cm³/mol. The van der Waals surface area contributed by atoms with Gasteiger partial charge in [0.05, 0.1) is 20.3 Å². The lowest BCUT2D eigenvalue weighted by Crippen LogP contribution is -2.21. The van der Waals surface area contributed by atoms with Gasteiger partial charge in [0.15, 0.2) is 0 Å². The highest BCUT2D eigenvalue weighted by Gasteiger charge is 2.16. The second-order valence-corrected chi connectivity index (χ2v) is 4.13. The Morgan fingerprint density at radius 3 is 2.53 bits per heavy atom. The summed E-state index contributed by atoms with van der Waals surface area (Å²) in [6.45, 7) is 2.31. The van der Waals surface area contributed by atoms with Crippen molar-refractivity contribution in [1.29, 1.82) is 0 Å². The molecule has 0 fully saturated rings. The summed E-state index contributed by atoms with van der Waals surface area (Å²) in [5.74, 6) is 1.76. The van der Waals surface area contributed by atoms with Crippen LogP contribution in [-0.2, 0) is 0 Å². The molecule has 4 nitrogen and oxygen atoms in total. The van der Waals surface area contributed by atoms with Crippen LogP contribution in [-0.4, -0.2) is 32.0 Å². The van der Waals surface area contributed by atoms with Crippen LogP contribution in [0, 0.1) is 0 Å². The van der Waals surface area contributed by atoms with Crippen molar-refractivity contribution >= 4 is 0 Å². The largest absolute Gasteiger partial charge is 0.497 e. The molecule has 0 saturated heterocycles. The first kappa shape index (κ1) is 13.8. The van der Waals surface area contributed by atoms with Crippen molar-refractivity contribution in [1.82, 2.24) is 0 Å². The summed E-state index contributed by atoms with van der Waals surface area (Å²) in [7, 11) is 3.27. The van der Waals surface area contributed by atoms with Crippen LogP contribution >= 0.6 is 0 Å². The van der Waals surface area contributed by atoms with Crippen molar-refractivity contribution in [2.24, 2.45) is 5.73 Å². The maximum atomic E-state index is 9.58. The number of hydrogen-bond donors (Lipinski definition) is 2. The number of rotatable bonds is 6. The smallest absolute Gasteiger partial charge is 0.122 e. The van der Waals surface area contributed by atoms with Crippen molar-refractivity contribution in [2.45, 2.75) is 25.4 Å². The first-order chi connectivity index (χ1) is 8.12. The maximum Gasteiger partial charge on any atom is 0.122 e. The highest BCUT2D eigenvalue weighted by molar-refractivity contribution is 5.42. The van der Waals surface area contributed by atoms with E-state index in [2.05, 4.69) is 0 Å². The van der Waals surface area contributed by atoms with Crippen molar-refractivity contribution < 1.29 is 14.6 Å². The van der Waals surface area contributed by atoms with Crippen LogP contribution < -0.4 is 15.2 Å². The molecule has 4 heteroatoms. The normalized spacial score (nSPS) is 14.2. The molecule has 0 heterocycles. The number of methoxy groups -OCH3 is 2. The van der Waals surface area contributed by atoms with Gasteiger partial charge in [-0.15, -0.1) is 0 Å². The van der Waals surface area contributed by atoms with Crippen LogP contribution in [0.5, 0.6) is 11.5 Å². The Bertz CT molecular complexity index is 355. The molecule has 0 aliphatic carbocycles. The fourth-order valence-electron chi connectivity index (χ4n) is 1.86. The second-order valence-electron chi connectivity index (χ2n) is 4.13. The third-order valence-electron chi connectivity index (χ3n) is 2.87. The standard InChI is InChI=1S/C13H21NO3/c1-9(6-10(15)8-14)12-7-11(16-2)4-5-13(12)17-3/h4-5,7,9-10,15H,6,8,14H2,1-3H3. The van der Waals surface area contributed by atoms with E-state index in [0.29, 0.717) is 6.42 Å². The average Bonchev–Trinajstić information content (AvgIpc) is 2.37. The number of ether oxygens (including phenoxy) is 2. The highest BCUT2D eigenvalue weighted by atomic mass is 16.5. The topological polar surface area (TPSA) is 64.7 Å². The SMILES string of the molecule is COc1ccc(OC)c(C(C)CC(O)CN)c1. The first-order valence-corrected chi connectivity index (χ1v) is 5.72. The van der Waals surface area contributed by atoms with Crippen molar-refractivity contribution in [3.8, 4) is 11.5 Å². The van der Waals surface area contributed by atoms with E-state index < -0.39 is 6.10 Å². The molecule has 3 N–H and O–H groups in total. The predicted octanol–water partition coefficient (Wildman–Crippen LogP) is 1.52. The van der Waals surface area contributed by atoms with Crippen molar-refractivity contribution in [3.63, 3.8) is 0 Å². The molecule has 0 saturated carbocycles. The molecule has 2 unspecified atom stereocenters. The van der Waals surface area contributed by atoms with E-state index in [1.54, 1.807) is 14.2 Å². The average molecular weight is 239 g/mol. The van der Waals surface area contributed by atoms with Gasteiger partial charge >= 0.3 is 0 Å². The molecule has 0 spiro atoms. The van der Waals surface area contributed by atoms with E-state index in [9.17, 15) is 5.11 Å². The molecule has 1 aromatic rings. The molecule has 96 valence electrons. The van der Waals surface area contributed by atoms with Crippen LogP contribution in [0.1, 0.15) is 24.8 Å². The summed E-state index contributed by atoms with van der Waals surface area (Å²) < 4.78 is 10.5. The molecule has 0 aliphatic rings. The van der Waals surface area contributed by atoms with Crippen molar-refractivity contribution in [3.05, 3.63) is 23.8 Å². The molecule has 0 radical (unpaired) electrons. The minimum atomic E-state index is -0.485. The third kappa shape index (κ3) is 3.61. The van der Waals surface area contributed by atoms with Gasteiger partial charge in [0, 0.05) is 12.1 Å². The van der Waals surface area contributed by atoms with Gasteiger partial charge in [-0.3, -0.25) is 0 Å².